The van der Waals surface area contributed by atoms with Crippen LogP contribution in [0.25, 0.3) is 0 Å². The molecule has 0 bridgehead atoms. The summed E-state index contributed by atoms with van der Waals surface area (Å²) in [5.41, 5.74) is 3.36. The Labute approximate surface area is 134 Å². The highest BCUT2D eigenvalue weighted by Gasteiger charge is 2.10. The van der Waals surface area contributed by atoms with Crippen molar-refractivity contribution in [2.75, 3.05) is 17.2 Å². The second-order valence-corrected chi connectivity index (χ2v) is 5.83. The third-order valence-corrected chi connectivity index (χ3v) is 3.78. The van der Waals surface area contributed by atoms with E-state index in [1.165, 1.54) is 5.56 Å². The first kappa shape index (κ1) is 15.8. The van der Waals surface area contributed by atoms with Crippen molar-refractivity contribution in [1.29, 1.82) is 0 Å². The maximum absolute atomic E-state index is 4.40. The van der Waals surface area contributed by atoms with E-state index in [4.69, 9.17) is 0 Å². The molecule has 1 heterocycles. The molecule has 5 heteroatoms. The van der Waals surface area contributed by atoms with E-state index in [0.717, 1.165) is 46.7 Å². The molecule has 0 fully saturated rings. The summed E-state index contributed by atoms with van der Waals surface area (Å²) in [6.45, 7) is 7.26. The second-order valence-electron chi connectivity index (χ2n) is 4.91. The summed E-state index contributed by atoms with van der Waals surface area (Å²) < 4.78 is 1.08. The van der Waals surface area contributed by atoms with Crippen molar-refractivity contribution in [3.63, 3.8) is 0 Å². The van der Waals surface area contributed by atoms with Crippen LogP contribution in [-0.4, -0.2) is 16.5 Å². The predicted molar refractivity (Wildman–Crippen MR) is 92.4 cm³/mol. The Morgan fingerprint density at radius 2 is 1.90 bits per heavy atom. The van der Waals surface area contributed by atoms with E-state index in [2.05, 4.69) is 69.4 Å². The second kappa shape index (κ2) is 7.41. The minimum absolute atomic E-state index is 0.872. The van der Waals surface area contributed by atoms with E-state index in [0.29, 0.717) is 0 Å². The maximum Gasteiger partial charge on any atom is 0.139 e. The molecule has 0 unspecified atom stereocenters. The number of aromatic nitrogens is 2. The van der Waals surface area contributed by atoms with Crippen LogP contribution in [0, 0.1) is 6.92 Å². The molecular weight excluding hydrogens is 328 g/mol. The molecule has 1 aromatic heterocycles. The Bertz CT molecular complexity index is 613. The van der Waals surface area contributed by atoms with Crippen LogP contribution in [0.4, 0.5) is 17.3 Å². The van der Waals surface area contributed by atoms with Crippen LogP contribution in [0.3, 0.4) is 0 Å². The zero-order valence-corrected chi connectivity index (χ0v) is 14.3. The summed E-state index contributed by atoms with van der Waals surface area (Å²) in [6.07, 6.45) is 3.56. The van der Waals surface area contributed by atoms with Gasteiger partial charge in [0.2, 0.25) is 0 Å². The van der Waals surface area contributed by atoms with Gasteiger partial charge in [-0.1, -0.05) is 29.8 Å². The smallest absolute Gasteiger partial charge is 0.139 e. The van der Waals surface area contributed by atoms with Crippen LogP contribution in [0.15, 0.2) is 29.0 Å². The number of anilines is 3. The standard InChI is InChI=1S/C16H21BrN4/c1-4-8-18-15-13(5-2)16(20-10-19-15)21-14-7-6-12(17)9-11(14)3/h6-7,9-10H,4-5,8H2,1-3H3,(H2,18,19,20,21). The first-order valence-electron chi connectivity index (χ1n) is 7.26. The molecule has 0 aliphatic heterocycles. The van der Waals surface area contributed by atoms with Crippen molar-refractivity contribution in [3.05, 3.63) is 40.1 Å². The van der Waals surface area contributed by atoms with Gasteiger partial charge in [0, 0.05) is 22.3 Å². The topological polar surface area (TPSA) is 49.8 Å². The van der Waals surface area contributed by atoms with Crippen LogP contribution < -0.4 is 10.6 Å². The lowest BCUT2D eigenvalue weighted by Gasteiger charge is -2.15. The molecule has 112 valence electrons. The Hall–Kier alpha value is -1.62. The minimum Gasteiger partial charge on any atom is -0.370 e. The van der Waals surface area contributed by atoms with Crippen LogP contribution in [0.2, 0.25) is 0 Å². The van der Waals surface area contributed by atoms with E-state index >= 15 is 0 Å². The number of halogens is 1. The number of benzene rings is 1. The Morgan fingerprint density at radius 1 is 1.14 bits per heavy atom. The number of nitrogens with one attached hydrogen (secondary N) is 2. The number of aryl methyl sites for hydroxylation is 1. The van der Waals surface area contributed by atoms with E-state index in [-0.39, 0.29) is 0 Å². The number of hydrogen-bond acceptors (Lipinski definition) is 4. The fourth-order valence-electron chi connectivity index (χ4n) is 2.15. The third kappa shape index (κ3) is 3.94. The first-order chi connectivity index (χ1) is 10.2. The first-order valence-corrected chi connectivity index (χ1v) is 8.05. The van der Waals surface area contributed by atoms with Crippen molar-refractivity contribution in [2.45, 2.75) is 33.6 Å². The van der Waals surface area contributed by atoms with Gasteiger partial charge < -0.3 is 10.6 Å². The summed E-state index contributed by atoms with van der Waals surface area (Å²) in [5.74, 6) is 1.79. The summed E-state index contributed by atoms with van der Waals surface area (Å²) in [5, 5.41) is 6.79. The SMILES string of the molecule is CCCNc1ncnc(Nc2ccc(Br)cc2C)c1CC. The normalized spacial score (nSPS) is 10.5. The zero-order chi connectivity index (χ0) is 15.2. The van der Waals surface area contributed by atoms with Crippen molar-refractivity contribution in [3.8, 4) is 0 Å². The quantitative estimate of drug-likeness (QED) is 0.795. The molecule has 0 aliphatic rings. The van der Waals surface area contributed by atoms with E-state index < -0.39 is 0 Å². The molecule has 2 aromatic rings. The highest BCUT2D eigenvalue weighted by atomic mass is 79.9. The summed E-state index contributed by atoms with van der Waals surface area (Å²) in [7, 11) is 0. The molecule has 0 radical (unpaired) electrons. The molecule has 0 amide bonds. The lowest BCUT2D eigenvalue weighted by molar-refractivity contribution is 0.949. The fraction of sp³-hybridized carbons (Fsp3) is 0.375. The fourth-order valence-corrected chi connectivity index (χ4v) is 2.62. The van der Waals surface area contributed by atoms with Crippen molar-refractivity contribution < 1.29 is 0 Å². The van der Waals surface area contributed by atoms with E-state index in [1.54, 1.807) is 6.33 Å². The van der Waals surface area contributed by atoms with Crippen LogP contribution >= 0.6 is 15.9 Å². The Morgan fingerprint density at radius 3 is 2.57 bits per heavy atom. The van der Waals surface area contributed by atoms with Gasteiger partial charge in [-0.2, -0.15) is 0 Å². The average molecular weight is 349 g/mol. The average Bonchev–Trinajstić information content (AvgIpc) is 2.48. The van der Waals surface area contributed by atoms with Gasteiger partial charge in [0.25, 0.3) is 0 Å². The minimum atomic E-state index is 0.872. The monoisotopic (exact) mass is 348 g/mol. The lowest BCUT2D eigenvalue weighted by Crippen LogP contribution is -2.09. The Kier molecular flexibility index (Phi) is 5.56. The van der Waals surface area contributed by atoms with Crippen molar-refractivity contribution in [1.82, 2.24) is 9.97 Å². The van der Waals surface area contributed by atoms with Gasteiger partial charge >= 0.3 is 0 Å². The van der Waals surface area contributed by atoms with Gasteiger partial charge in [-0.05, 0) is 43.5 Å². The van der Waals surface area contributed by atoms with Gasteiger partial charge in [-0.3, -0.25) is 0 Å². The predicted octanol–water partition coefficient (Wildman–Crippen LogP) is 4.68. The molecule has 0 aliphatic carbocycles. The molecule has 21 heavy (non-hydrogen) atoms. The highest BCUT2D eigenvalue weighted by molar-refractivity contribution is 9.10. The molecule has 0 saturated heterocycles. The molecular formula is C16H21BrN4. The number of nitrogens with zero attached hydrogens (tertiary/aromatic N) is 2. The van der Waals surface area contributed by atoms with Gasteiger partial charge in [0.1, 0.15) is 18.0 Å². The summed E-state index contributed by atoms with van der Waals surface area (Å²) in [4.78, 5) is 8.76. The summed E-state index contributed by atoms with van der Waals surface area (Å²) >= 11 is 3.49. The zero-order valence-electron chi connectivity index (χ0n) is 12.7. The highest BCUT2D eigenvalue weighted by Crippen LogP contribution is 2.27. The Balaban J connectivity index is 2.30. The number of rotatable bonds is 6. The molecule has 0 spiro atoms. The van der Waals surface area contributed by atoms with Gasteiger partial charge in [0.05, 0.1) is 0 Å². The maximum atomic E-state index is 4.40. The lowest BCUT2D eigenvalue weighted by atomic mass is 10.1. The van der Waals surface area contributed by atoms with Gasteiger partial charge in [0.15, 0.2) is 0 Å². The van der Waals surface area contributed by atoms with Crippen molar-refractivity contribution in [2.24, 2.45) is 0 Å². The van der Waals surface area contributed by atoms with Crippen LogP contribution in [0.5, 0.6) is 0 Å². The van der Waals surface area contributed by atoms with Crippen LogP contribution in [-0.2, 0) is 6.42 Å². The molecule has 1 aromatic carbocycles. The molecule has 4 nitrogen and oxygen atoms in total. The van der Waals surface area contributed by atoms with Crippen LogP contribution in [0.1, 0.15) is 31.4 Å². The van der Waals surface area contributed by atoms with Crippen molar-refractivity contribution >= 4 is 33.3 Å². The molecule has 2 N–H and O–H groups in total. The van der Waals surface area contributed by atoms with Gasteiger partial charge in [-0.15, -0.1) is 0 Å². The molecule has 0 atom stereocenters. The third-order valence-electron chi connectivity index (χ3n) is 3.28. The largest absolute Gasteiger partial charge is 0.370 e. The molecule has 0 saturated carbocycles. The summed E-state index contributed by atoms with van der Waals surface area (Å²) in [6, 6.07) is 6.17. The number of hydrogen-bond donors (Lipinski definition) is 2. The van der Waals surface area contributed by atoms with E-state index in [9.17, 15) is 0 Å². The van der Waals surface area contributed by atoms with E-state index in [1.807, 2.05) is 6.07 Å². The van der Waals surface area contributed by atoms with Gasteiger partial charge in [-0.25, -0.2) is 9.97 Å². The molecule has 2 rings (SSSR count).